The van der Waals surface area contributed by atoms with Crippen molar-refractivity contribution in [1.29, 1.82) is 0 Å². The number of rotatable bonds is 4. The molecule has 0 aliphatic carbocycles. The molecule has 0 saturated carbocycles. The van der Waals surface area contributed by atoms with Crippen molar-refractivity contribution in [3.05, 3.63) is 58.1 Å². The van der Waals surface area contributed by atoms with Gasteiger partial charge in [-0.1, -0.05) is 35.3 Å². The molecule has 2 aromatic carbocycles. The number of hydrogen-bond donors (Lipinski definition) is 2. The molecule has 0 heterocycles. The highest BCUT2D eigenvalue weighted by Crippen LogP contribution is 2.29. The van der Waals surface area contributed by atoms with Crippen molar-refractivity contribution in [2.45, 2.75) is 0 Å². The van der Waals surface area contributed by atoms with Crippen LogP contribution in [-0.4, -0.2) is 12.5 Å². The smallest absolute Gasteiger partial charge is 0.243 e. The first-order chi connectivity index (χ1) is 9.99. The van der Waals surface area contributed by atoms with Crippen LogP contribution in [-0.2, 0) is 4.79 Å². The second-order valence-corrected chi connectivity index (χ2v) is 4.88. The van der Waals surface area contributed by atoms with Crippen molar-refractivity contribution in [1.82, 2.24) is 0 Å². The van der Waals surface area contributed by atoms with Crippen LogP contribution >= 0.6 is 23.2 Å². The Morgan fingerprint density at radius 3 is 2.33 bits per heavy atom. The normalized spacial score (nSPS) is 10.3. The molecule has 2 N–H and O–H groups in total. The summed E-state index contributed by atoms with van der Waals surface area (Å²) >= 11 is 11.8. The van der Waals surface area contributed by atoms with E-state index in [1.54, 1.807) is 18.2 Å². The number of nitrogens with one attached hydrogen (secondary N) is 2. The van der Waals surface area contributed by atoms with Gasteiger partial charge in [0.05, 0.1) is 22.3 Å². The topological polar surface area (TPSA) is 41.1 Å². The second-order valence-electron chi connectivity index (χ2n) is 4.10. The molecule has 0 saturated heterocycles. The zero-order valence-corrected chi connectivity index (χ0v) is 12.1. The summed E-state index contributed by atoms with van der Waals surface area (Å²) in [6, 6.07) is 8.21. The summed E-state index contributed by atoms with van der Waals surface area (Å²) in [4.78, 5) is 11.7. The van der Waals surface area contributed by atoms with Crippen LogP contribution in [0.15, 0.2) is 36.4 Å². The van der Waals surface area contributed by atoms with E-state index in [1.807, 2.05) is 0 Å². The van der Waals surface area contributed by atoms with Crippen LogP contribution < -0.4 is 10.6 Å². The monoisotopic (exact) mass is 330 g/mol. The number of carbonyl (C=O) groups excluding carboxylic acids is 1. The summed E-state index contributed by atoms with van der Waals surface area (Å²) in [5.41, 5.74) is -0.0326. The molecule has 2 rings (SSSR count). The van der Waals surface area contributed by atoms with Gasteiger partial charge >= 0.3 is 0 Å². The fourth-order valence-corrected chi connectivity index (χ4v) is 1.98. The maximum Gasteiger partial charge on any atom is 0.243 e. The SMILES string of the molecule is O=C(CNc1cccc(Cl)c1Cl)Nc1c(F)cccc1F. The molecular weight excluding hydrogens is 321 g/mol. The number of hydrogen-bond acceptors (Lipinski definition) is 2. The van der Waals surface area contributed by atoms with Gasteiger partial charge in [0.15, 0.2) is 0 Å². The zero-order chi connectivity index (χ0) is 15.4. The van der Waals surface area contributed by atoms with Gasteiger partial charge in [0.2, 0.25) is 5.91 Å². The largest absolute Gasteiger partial charge is 0.375 e. The first-order valence-electron chi connectivity index (χ1n) is 5.91. The van der Waals surface area contributed by atoms with Crippen LogP contribution in [0, 0.1) is 11.6 Å². The Labute approximate surface area is 129 Å². The molecule has 0 radical (unpaired) electrons. The van der Waals surface area contributed by atoms with Gasteiger partial charge in [-0.25, -0.2) is 8.78 Å². The molecule has 3 nitrogen and oxygen atoms in total. The molecule has 0 fully saturated rings. The Balaban J connectivity index is 2.01. The van der Waals surface area contributed by atoms with E-state index in [9.17, 15) is 13.6 Å². The Kier molecular flexibility index (Phi) is 4.98. The zero-order valence-electron chi connectivity index (χ0n) is 10.6. The highest BCUT2D eigenvalue weighted by molar-refractivity contribution is 6.43. The van der Waals surface area contributed by atoms with Crippen LogP contribution in [0.5, 0.6) is 0 Å². The maximum absolute atomic E-state index is 13.4. The molecule has 7 heteroatoms. The Morgan fingerprint density at radius 2 is 1.67 bits per heavy atom. The van der Waals surface area contributed by atoms with Gasteiger partial charge in [0.25, 0.3) is 0 Å². The van der Waals surface area contributed by atoms with Crippen molar-refractivity contribution in [3.8, 4) is 0 Å². The van der Waals surface area contributed by atoms with Gasteiger partial charge in [0, 0.05) is 0 Å². The number of carbonyl (C=O) groups is 1. The number of halogens is 4. The minimum absolute atomic E-state index is 0.214. The van der Waals surface area contributed by atoms with Crippen molar-refractivity contribution >= 4 is 40.5 Å². The molecule has 0 bridgehead atoms. The van der Waals surface area contributed by atoms with E-state index in [0.717, 1.165) is 12.1 Å². The van der Waals surface area contributed by atoms with Crippen LogP contribution in [0.4, 0.5) is 20.2 Å². The highest BCUT2D eigenvalue weighted by Gasteiger charge is 2.12. The average Bonchev–Trinajstić information content (AvgIpc) is 2.45. The van der Waals surface area contributed by atoms with Gasteiger partial charge in [-0.3, -0.25) is 4.79 Å². The lowest BCUT2D eigenvalue weighted by Crippen LogP contribution is -2.23. The molecule has 110 valence electrons. The lowest BCUT2D eigenvalue weighted by molar-refractivity contribution is -0.114. The van der Waals surface area contributed by atoms with E-state index in [1.165, 1.54) is 6.07 Å². The number of anilines is 2. The van der Waals surface area contributed by atoms with E-state index >= 15 is 0 Å². The maximum atomic E-state index is 13.4. The third-order valence-electron chi connectivity index (χ3n) is 2.62. The summed E-state index contributed by atoms with van der Waals surface area (Å²) in [7, 11) is 0. The first-order valence-corrected chi connectivity index (χ1v) is 6.66. The van der Waals surface area contributed by atoms with Crippen molar-refractivity contribution < 1.29 is 13.6 Å². The molecule has 21 heavy (non-hydrogen) atoms. The summed E-state index contributed by atoms with van der Waals surface area (Å²) < 4.78 is 26.8. The van der Waals surface area contributed by atoms with Crippen LogP contribution in [0.2, 0.25) is 10.0 Å². The molecule has 0 aromatic heterocycles. The third-order valence-corrected chi connectivity index (χ3v) is 3.44. The van der Waals surface area contributed by atoms with Gasteiger partial charge in [-0.05, 0) is 24.3 Å². The molecule has 2 aromatic rings. The van der Waals surface area contributed by atoms with Crippen molar-refractivity contribution in [2.24, 2.45) is 0 Å². The Bertz CT molecular complexity index is 660. The van der Waals surface area contributed by atoms with E-state index in [0.29, 0.717) is 10.7 Å². The van der Waals surface area contributed by atoms with E-state index in [4.69, 9.17) is 23.2 Å². The minimum atomic E-state index is -0.843. The molecule has 1 amide bonds. The molecule has 0 atom stereocenters. The lowest BCUT2D eigenvalue weighted by Gasteiger charge is -2.10. The molecule has 0 unspecified atom stereocenters. The minimum Gasteiger partial charge on any atom is -0.375 e. The quantitative estimate of drug-likeness (QED) is 0.876. The van der Waals surface area contributed by atoms with Crippen molar-refractivity contribution in [2.75, 3.05) is 17.2 Å². The third kappa shape index (κ3) is 3.83. The van der Waals surface area contributed by atoms with Gasteiger partial charge in [-0.15, -0.1) is 0 Å². The van der Waals surface area contributed by atoms with Crippen molar-refractivity contribution in [3.63, 3.8) is 0 Å². The number of amides is 1. The van der Waals surface area contributed by atoms with Crippen LogP contribution in [0.25, 0.3) is 0 Å². The standard InChI is InChI=1S/C14H10Cl2F2N2O/c15-8-3-1-6-11(13(8)16)19-7-12(21)20-14-9(17)4-2-5-10(14)18/h1-6,19H,7H2,(H,20,21). The Morgan fingerprint density at radius 1 is 1.05 bits per heavy atom. The molecule has 0 aliphatic heterocycles. The highest BCUT2D eigenvalue weighted by atomic mass is 35.5. The number of para-hydroxylation sites is 1. The van der Waals surface area contributed by atoms with E-state index < -0.39 is 23.2 Å². The molecular formula is C14H10Cl2F2N2O. The van der Waals surface area contributed by atoms with Gasteiger partial charge < -0.3 is 10.6 Å². The molecule has 0 aliphatic rings. The fraction of sp³-hybridized carbons (Fsp3) is 0.0714. The van der Waals surface area contributed by atoms with E-state index in [2.05, 4.69) is 10.6 Å². The summed E-state index contributed by atoms with van der Waals surface area (Å²) in [6.07, 6.45) is 0. The summed E-state index contributed by atoms with van der Waals surface area (Å²) in [6.45, 7) is -0.214. The Hall–Kier alpha value is -1.85. The van der Waals surface area contributed by atoms with Gasteiger partial charge in [-0.2, -0.15) is 0 Å². The summed E-state index contributed by atoms with van der Waals surface area (Å²) in [5.74, 6) is -2.30. The molecule has 0 spiro atoms. The predicted octanol–water partition coefficient (Wildman–Crippen LogP) is 4.32. The number of benzene rings is 2. The van der Waals surface area contributed by atoms with Gasteiger partial charge in [0.1, 0.15) is 17.3 Å². The van der Waals surface area contributed by atoms with Crippen LogP contribution in [0.3, 0.4) is 0 Å². The first kappa shape index (κ1) is 15.5. The lowest BCUT2D eigenvalue weighted by atomic mass is 10.3. The predicted molar refractivity (Wildman–Crippen MR) is 79.9 cm³/mol. The van der Waals surface area contributed by atoms with Crippen LogP contribution in [0.1, 0.15) is 0 Å². The van der Waals surface area contributed by atoms with E-state index in [-0.39, 0.29) is 11.6 Å². The second kappa shape index (κ2) is 6.74. The average molecular weight is 331 g/mol. The summed E-state index contributed by atoms with van der Waals surface area (Å²) in [5, 5.41) is 5.50. The fourth-order valence-electron chi connectivity index (χ4n) is 1.62.